The van der Waals surface area contributed by atoms with Crippen molar-refractivity contribution in [2.75, 3.05) is 17.2 Å². The monoisotopic (exact) mass is 346 g/mol. The van der Waals surface area contributed by atoms with Gasteiger partial charge in [-0.2, -0.15) is 0 Å². The van der Waals surface area contributed by atoms with Crippen LogP contribution >= 0.6 is 15.9 Å². The minimum atomic E-state index is -0.0504. The molecule has 3 nitrogen and oxygen atoms in total. The van der Waals surface area contributed by atoms with E-state index in [0.717, 1.165) is 27.8 Å². The van der Waals surface area contributed by atoms with Crippen molar-refractivity contribution < 1.29 is 4.79 Å². The predicted octanol–water partition coefficient (Wildman–Crippen LogP) is 4.37. The Morgan fingerprint density at radius 2 is 2.00 bits per heavy atom. The molecule has 0 heterocycles. The Kier molecular flexibility index (Phi) is 5.39. The second-order valence-electron chi connectivity index (χ2n) is 4.93. The van der Waals surface area contributed by atoms with Crippen LogP contribution < -0.4 is 10.6 Å². The molecule has 2 aromatic carbocycles. The van der Waals surface area contributed by atoms with Gasteiger partial charge in [0.1, 0.15) is 0 Å². The van der Waals surface area contributed by atoms with Crippen LogP contribution in [0.15, 0.2) is 46.9 Å². The van der Waals surface area contributed by atoms with E-state index in [-0.39, 0.29) is 12.5 Å². The van der Waals surface area contributed by atoms with Gasteiger partial charge in [0.05, 0.1) is 6.54 Å². The van der Waals surface area contributed by atoms with Crippen LogP contribution in [0.1, 0.15) is 18.1 Å². The van der Waals surface area contributed by atoms with E-state index in [4.69, 9.17) is 0 Å². The molecular formula is C17H19BrN2O. The molecule has 2 rings (SSSR count). The Morgan fingerprint density at radius 1 is 1.19 bits per heavy atom. The van der Waals surface area contributed by atoms with Crippen LogP contribution in [0.5, 0.6) is 0 Å². The summed E-state index contributed by atoms with van der Waals surface area (Å²) in [5, 5.41) is 6.08. The molecule has 2 N–H and O–H groups in total. The standard InChI is InChI=1S/C17H19BrN2O/c1-3-13-10-14(18)7-8-16(13)19-11-17(21)20-15-6-4-5-12(2)9-15/h4-10,19H,3,11H2,1-2H3,(H,20,21). The Balaban J connectivity index is 1.95. The van der Waals surface area contributed by atoms with Gasteiger partial charge in [0.15, 0.2) is 0 Å². The van der Waals surface area contributed by atoms with E-state index in [1.165, 1.54) is 5.56 Å². The SMILES string of the molecule is CCc1cc(Br)ccc1NCC(=O)Nc1cccc(C)c1. The lowest BCUT2D eigenvalue weighted by atomic mass is 10.1. The summed E-state index contributed by atoms with van der Waals surface area (Å²) in [6, 6.07) is 13.8. The van der Waals surface area contributed by atoms with Crippen LogP contribution in [0.2, 0.25) is 0 Å². The lowest BCUT2D eigenvalue weighted by Crippen LogP contribution is -2.22. The largest absolute Gasteiger partial charge is 0.376 e. The summed E-state index contributed by atoms with van der Waals surface area (Å²) >= 11 is 3.46. The molecule has 0 bridgehead atoms. The maximum atomic E-state index is 12.0. The number of rotatable bonds is 5. The minimum absolute atomic E-state index is 0.0504. The molecule has 2 aromatic rings. The number of amides is 1. The van der Waals surface area contributed by atoms with E-state index < -0.39 is 0 Å². The van der Waals surface area contributed by atoms with Gasteiger partial charge in [-0.25, -0.2) is 0 Å². The van der Waals surface area contributed by atoms with E-state index in [9.17, 15) is 4.79 Å². The second kappa shape index (κ2) is 7.27. The molecule has 4 heteroatoms. The van der Waals surface area contributed by atoms with Crippen LogP contribution in [-0.2, 0) is 11.2 Å². The van der Waals surface area contributed by atoms with Crippen LogP contribution in [-0.4, -0.2) is 12.5 Å². The van der Waals surface area contributed by atoms with Gasteiger partial charge in [-0.3, -0.25) is 4.79 Å². The van der Waals surface area contributed by atoms with Crippen molar-refractivity contribution in [2.24, 2.45) is 0 Å². The number of aryl methyl sites for hydroxylation is 2. The number of carbonyl (C=O) groups is 1. The van der Waals surface area contributed by atoms with Crippen molar-refractivity contribution in [3.63, 3.8) is 0 Å². The van der Waals surface area contributed by atoms with Gasteiger partial charge in [-0.1, -0.05) is 35.0 Å². The van der Waals surface area contributed by atoms with E-state index >= 15 is 0 Å². The number of anilines is 2. The molecule has 1 amide bonds. The third-order valence-corrected chi connectivity index (χ3v) is 3.68. The highest BCUT2D eigenvalue weighted by atomic mass is 79.9. The third kappa shape index (κ3) is 4.60. The highest BCUT2D eigenvalue weighted by Crippen LogP contribution is 2.21. The summed E-state index contributed by atoms with van der Waals surface area (Å²) in [5.74, 6) is -0.0504. The van der Waals surface area contributed by atoms with Crippen molar-refractivity contribution in [3.8, 4) is 0 Å². The van der Waals surface area contributed by atoms with Gasteiger partial charge < -0.3 is 10.6 Å². The first-order chi connectivity index (χ1) is 10.1. The Labute approximate surface area is 133 Å². The zero-order valence-electron chi connectivity index (χ0n) is 12.2. The lowest BCUT2D eigenvalue weighted by Gasteiger charge is -2.12. The molecule has 0 unspecified atom stereocenters. The van der Waals surface area contributed by atoms with Gasteiger partial charge in [-0.15, -0.1) is 0 Å². The van der Waals surface area contributed by atoms with Crippen molar-refractivity contribution in [3.05, 3.63) is 58.1 Å². The van der Waals surface area contributed by atoms with Crippen molar-refractivity contribution in [1.82, 2.24) is 0 Å². The fourth-order valence-electron chi connectivity index (χ4n) is 2.13. The highest BCUT2D eigenvalue weighted by Gasteiger charge is 2.05. The number of hydrogen-bond acceptors (Lipinski definition) is 2. The predicted molar refractivity (Wildman–Crippen MR) is 91.8 cm³/mol. The maximum Gasteiger partial charge on any atom is 0.243 e. The normalized spacial score (nSPS) is 10.2. The fraction of sp³-hybridized carbons (Fsp3) is 0.235. The molecule has 0 aromatic heterocycles. The summed E-state index contributed by atoms with van der Waals surface area (Å²) in [4.78, 5) is 12.0. The molecule has 0 aliphatic carbocycles. The van der Waals surface area contributed by atoms with Crippen LogP contribution in [0.3, 0.4) is 0 Å². The number of hydrogen-bond donors (Lipinski definition) is 2. The summed E-state index contributed by atoms with van der Waals surface area (Å²) in [5.41, 5.74) is 4.14. The van der Waals surface area contributed by atoms with Gasteiger partial charge >= 0.3 is 0 Å². The first-order valence-electron chi connectivity index (χ1n) is 6.97. The van der Waals surface area contributed by atoms with E-state index in [2.05, 4.69) is 39.6 Å². The molecule has 110 valence electrons. The van der Waals surface area contributed by atoms with Gasteiger partial charge in [-0.05, 0) is 54.8 Å². The molecule has 0 saturated heterocycles. The highest BCUT2D eigenvalue weighted by molar-refractivity contribution is 9.10. The molecule has 0 aliphatic heterocycles. The third-order valence-electron chi connectivity index (χ3n) is 3.19. The minimum Gasteiger partial charge on any atom is -0.376 e. The summed E-state index contributed by atoms with van der Waals surface area (Å²) in [6.45, 7) is 4.35. The topological polar surface area (TPSA) is 41.1 Å². The Bertz CT molecular complexity index is 640. The molecule has 0 aliphatic rings. The van der Waals surface area contributed by atoms with E-state index in [0.29, 0.717) is 0 Å². The smallest absolute Gasteiger partial charge is 0.243 e. The fourth-order valence-corrected chi connectivity index (χ4v) is 2.54. The lowest BCUT2D eigenvalue weighted by molar-refractivity contribution is -0.114. The van der Waals surface area contributed by atoms with Crippen LogP contribution in [0.4, 0.5) is 11.4 Å². The molecule has 0 atom stereocenters. The van der Waals surface area contributed by atoms with Crippen molar-refractivity contribution in [1.29, 1.82) is 0 Å². The number of benzene rings is 2. The zero-order valence-corrected chi connectivity index (χ0v) is 13.8. The summed E-state index contributed by atoms with van der Waals surface area (Å²) in [6.07, 6.45) is 0.918. The van der Waals surface area contributed by atoms with Crippen molar-refractivity contribution >= 4 is 33.2 Å². The Hall–Kier alpha value is -1.81. The second-order valence-corrected chi connectivity index (χ2v) is 5.84. The quantitative estimate of drug-likeness (QED) is 0.843. The van der Waals surface area contributed by atoms with Crippen molar-refractivity contribution in [2.45, 2.75) is 20.3 Å². The molecule has 0 spiro atoms. The van der Waals surface area contributed by atoms with E-state index in [1.807, 2.05) is 43.3 Å². The first-order valence-corrected chi connectivity index (χ1v) is 7.76. The maximum absolute atomic E-state index is 12.0. The number of carbonyl (C=O) groups excluding carboxylic acids is 1. The average molecular weight is 347 g/mol. The summed E-state index contributed by atoms with van der Waals surface area (Å²) < 4.78 is 1.05. The van der Waals surface area contributed by atoms with Crippen LogP contribution in [0, 0.1) is 6.92 Å². The Morgan fingerprint density at radius 3 is 2.71 bits per heavy atom. The number of nitrogens with one attached hydrogen (secondary N) is 2. The molecule has 0 radical (unpaired) electrons. The molecule has 21 heavy (non-hydrogen) atoms. The first kappa shape index (κ1) is 15.6. The van der Waals surface area contributed by atoms with Crippen LogP contribution in [0.25, 0.3) is 0 Å². The molecular weight excluding hydrogens is 328 g/mol. The molecule has 0 saturated carbocycles. The summed E-state index contributed by atoms with van der Waals surface area (Å²) in [7, 11) is 0. The molecule has 0 fully saturated rings. The van der Waals surface area contributed by atoms with Gasteiger partial charge in [0.25, 0.3) is 0 Å². The van der Waals surface area contributed by atoms with Gasteiger partial charge in [0.2, 0.25) is 5.91 Å². The zero-order chi connectivity index (χ0) is 15.2. The number of halogens is 1. The average Bonchev–Trinajstić information content (AvgIpc) is 2.45. The van der Waals surface area contributed by atoms with E-state index in [1.54, 1.807) is 0 Å². The van der Waals surface area contributed by atoms with Gasteiger partial charge in [0, 0.05) is 15.8 Å².